The van der Waals surface area contributed by atoms with E-state index in [1.807, 2.05) is 0 Å². The minimum atomic E-state index is 0.501. The molecule has 2 heteroatoms. The molecule has 0 radical (unpaired) electrons. The molecule has 2 nitrogen and oxygen atoms in total. The Bertz CT molecular complexity index is 264. The lowest BCUT2D eigenvalue weighted by molar-refractivity contribution is 0.0420. The van der Waals surface area contributed by atoms with Crippen LogP contribution in [0.1, 0.15) is 64.7 Å². The highest BCUT2D eigenvalue weighted by molar-refractivity contribution is 5.02. The Labute approximate surface area is 113 Å². The maximum absolute atomic E-state index is 3.96. The van der Waals surface area contributed by atoms with Crippen molar-refractivity contribution in [2.24, 2.45) is 5.92 Å². The first-order valence-electron chi connectivity index (χ1n) is 8.32. The Morgan fingerprint density at radius 3 is 2.44 bits per heavy atom. The fourth-order valence-electron chi connectivity index (χ4n) is 4.73. The molecule has 0 bridgehead atoms. The molecule has 1 saturated heterocycles. The smallest absolute Gasteiger partial charge is 0.0309 e. The van der Waals surface area contributed by atoms with Gasteiger partial charge in [0.25, 0.3) is 0 Å². The van der Waals surface area contributed by atoms with E-state index in [0.29, 0.717) is 5.54 Å². The van der Waals surface area contributed by atoms with Crippen LogP contribution in [-0.4, -0.2) is 36.1 Å². The molecule has 0 aromatic rings. The van der Waals surface area contributed by atoms with Crippen LogP contribution >= 0.6 is 0 Å². The molecule has 1 heterocycles. The largest absolute Gasteiger partial charge is 0.308 e. The van der Waals surface area contributed by atoms with Gasteiger partial charge in [-0.25, -0.2) is 0 Å². The third kappa shape index (κ3) is 2.46. The predicted molar refractivity (Wildman–Crippen MR) is 76.8 cm³/mol. The highest BCUT2D eigenvalue weighted by Crippen LogP contribution is 2.36. The lowest BCUT2D eigenvalue weighted by Crippen LogP contribution is -2.64. The van der Waals surface area contributed by atoms with E-state index < -0.39 is 0 Å². The molecular formula is C16H30N2. The van der Waals surface area contributed by atoms with Crippen LogP contribution < -0.4 is 5.32 Å². The Hall–Kier alpha value is -0.0800. The molecule has 0 aromatic heterocycles. The van der Waals surface area contributed by atoms with E-state index in [0.717, 1.165) is 12.0 Å². The van der Waals surface area contributed by atoms with Crippen molar-refractivity contribution in [3.8, 4) is 0 Å². The molecule has 1 atom stereocenters. The van der Waals surface area contributed by atoms with E-state index >= 15 is 0 Å². The van der Waals surface area contributed by atoms with Gasteiger partial charge in [0.2, 0.25) is 0 Å². The second-order valence-corrected chi connectivity index (χ2v) is 6.90. The van der Waals surface area contributed by atoms with Crippen molar-refractivity contribution < 1.29 is 0 Å². The zero-order valence-corrected chi connectivity index (χ0v) is 12.1. The number of nitrogens with one attached hydrogen (secondary N) is 1. The molecule has 1 unspecified atom stereocenters. The molecule has 1 aliphatic heterocycles. The van der Waals surface area contributed by atoms with Gasteiger partial charge in [0.15, 0.2) is 0 Å². The van der Waals surface area contributed by atoms with Gasteiger partial charge >= 0.3 is 0 Å². The van der Waals surface area contributed by atoms with Gasteiger partial charge in [0.1, 0.15) is 0 Å². The first kappa shape index (κ1) is 12.9. The first-order valence-corrected chi connectivity index (χ1v) is 8.32. The third-order valence-corrected chi connectivity index (χ3v) is 5.82. The number of likely N-dealkylation sites (N-methyl/N-ethyl adjacent to an activating group) is 1. The molecular weight excluding hydrogens is 220 g/mol. The third-order valence-electron chi connectivity index (χ3n) is 5.82. The van der Waals surface area contributed by atoms with Crippen LogP contribution in [0.5, 0.6) is 0 Å². The number of rotatable bonds is 2. The molecule has 3 rings (SSSR count). The summed E-state index contributed by atoms with van der Waals surface area (Å²) in [7, 11) is 0. The molecule has 2 saturated carbocycles. The van der Waals surface area contributed by atoms with E-state index in [9.17, 15) is 0 Å². The topological polar surface area (TPSA) is 15.3 Å². The van der Waals surface area contributed by atoms with Crippen molar-refractivity contribution in [2.45, 2.75) is 76.3 Å². The van der Waals surface area contributed by atoms with E-state index in [4.69, 9.17) is 0 Å². The Morgan fingerprint density at radius 2 is 1.78 bits per heavy atom. The summed E-state index contributed by atoms with van der Waals surface area (Å²) in [4.78, 5) is 2.82. The monoisotopic (exact) mass is 250 g/mol. The number of nitrogens with zero attached hydrogens (tertiary/aromatic N) is 1. The zero-order chi connectivity index (χ0) is 12.4. The maximum atomic E-state index is 3.96. The van der Waals surface area contributed by atoms with Gasteiger partial charge in [-0.1, -0.05) is 39.0 Å². The molecule has 104 valence electrons. The summed E-state index contributed by atoms with van der Waals surface area (Å²) >= 11 is 0. The van der Waals surface area contributed by atoms with Gasteiger partial charge in [0.05, 0.1) is 0 Å². The lowest BCUT2D eigenvalue weighted by atomic mass is 9.80. The lowest BCUT2D eigenvalue weighted by Gasteiger charge is -2.49. The summed E-state index contributed by atoms with van der Waals surface area (Å²) in [6.07, 6.45) is 13.1. The van der Waals surface area contributed by atoms with Crippen LogP contribution in [-0.2, 0) is 0 Å². The average molecular weight is 250 g/mol. The molecule has 1 spiro atoms. The van der Waals surface area contributed by atoms with Gasteiger partial charge in [-0.3, -0.25) is 4.90 Å². The summed E-state index contributed by atoms with van der Waals surface area (Å²) in [5.74, 6) is 0.977. The summed E-state index contributed by atoms with van der Waals surface area (Å²) in [6, 6.07) is 0.835. The average Bonchev–Trinajstić information content (AvgIpc) is 2.88. The van der Waals surface area contributed by atoms with Crippen molar-refractivity contribution in [1.29, 1.82) is 0 Å². The Balaban J connectivity index is 1.65. The van der Waals surface area contributed by atoms with Crippen molar-refractivity contribution >= 4 is 0 Å². The summed E-state index contributed by atoms with van der Waals surface area (Å²) < 4.78 is 0. The normalized spacial score (nSPS) is 34.2. The fourth-order valence-corrected chi connectivity index (χ4v) is 4.73. The Morgan fingerprint density at radius 1 is 1.06 bits per heavy atom. The molecule has 18 heavy (non-hydrogen) atoms. The van der Waals surface area contributed by atoms with Gasteiger partial charge in [-0.2, -0.15) is 0 Å². The van der Waals surface area contributed by atoms with Crippen LogP contribution in [0.15, 0.2) is 0 Å². The summed E-state index contributed by atoms with van der Waals surface area (Å²) in [5.41, 5.74) is 0.501. The van der Waals surface area contributed by atoms with Crippen LogP contribution in [0.2, 0.25) is 0 Å². The number of hydrogen-bond donors (Lipinski definition) is 1. The van der Waals surface area contributed by atoms with Crippen LogP contribution in [0, 0.1) is 5.92 Å². The van der Waals surface area contributed by atoms with Crippen molar-refractivity contribution in [1.82, 2.24) is 10.2 Å². The zero-order valence-electron chi connectivity index (χ0n) is 12.1. The minimum Gasteiger partial charge on any atom is -0.308 e. The SMILES string of the molecule is CCN1CC2(CCCC2)NCC1C1CCCCC1. The van der Waals surface area contributed by atoms with Crippen LogP contribution in [0.25, 0.3) is 0 Å². The molecule has 0 aromatic carbocycles. The van der Waals surface area contributed by atoms with E-state index in [1.165, 1.54) is 77.4 Å². The van der Waals surface area contributed by atoms with Gasteiger partial charge < -0.3 is 5.32 Å². The van der Waals surface area contributed by atoms with E-state index in [-0.39, 0.29) is 0 Å². The van der Waals surface area contributed by atoms with E-state index in [2.05, 4.69) is 17.1 Å². The predicted octanol–water partition coefficient (Wildman–Crippen LogP) is 3.17. The molecule has 2 aliphatic carbocycles. The highest BCUT2D eigenvalue weighted by atomic mass is 15.3. The quantitative estimate of drug-likeness (QED) is 0.810. The number of hydrogen-bond acceptors (Lipinski definition) is 2. The first-order chi connectivity index (χ1) is 8.83. The second-order valence-electron chi connectivity index (χ2n) is 6.90. The molecule has 1 N–H and O–H groups in total. The van der Waals surface area contributed by atoms with Crippen molar-refractivity contribution in [3.05, 3.63) is 0 Å². The number of piperazine rings is 1. The molecule has 3 aliphatic rings. The molecule has 3 fully saturated rings. The summed E-state index contributed by atoms with van der Waals surface area (Å²) in [6.45, 7) is 6.21. The second kappa shape index (κ2) is 5.50. The van der Waals surface area contributed by atoms with Crippen LogP contribution in [0.4, 0.5) is 0 Å². The van der Waals surface area contributed by atoms with Gasteiger partial charge in [-0.15, -0.1) is 0 Å². The van der Waals surface area contributed by atoms with E-state index in [1.54, 1.807) is 0 Å². The van der Waals surface area contributed by atoms with Crippen molar-refractivity contribution in [2.75, 3.05) is 19.6 Å². The fraction of sp³-hybridized carbons (Fsp3) is 1.00. The standard InChI is InChI=1S/C16H30N2/c1-2-18-13-16(10-6-7-11-16)17-12-15(18)14-8-4-3-5-9-14/h14-15,17H,2-13H2,1H3. The summed E-state index contributed by atoms with van der Waals surface area (Å²) in [5, 5.41) is 3.96. The van der Waals surface area contributed by atoms with Gasteiger partial charge in [0, 0.05) is 24.7 Å². The van der Waals surface area contributed by atoms with Crippen molar-refractivity contribution in [3.63, 3.8) is 0 Å². The Kier molecular flexibility index (Phi) is 3.95. The molecule has 0 amide bonds. The van der Waals surface area contributed by atoms with Crippen LogP contribution in [0.3, 0.4) is 0 Å². The maximum Gasteiger partial charge on any atom is 0.0309 e. The minimum absolute atomic E-state index is 0.501. The van der Waals surface area contributed by atoms with Gasteiger partial charge in [-0.05, 0) is 38.1 Å². The highest BCUT2D eigenvalue weighted by Gasteiger charge is 2.42.